The first-order chi connectivity index (χ1) is 6.11. The normalized spacial score (nSPS) is 9.54. The van der Waals surface area contributed by atoms with Crippen LogP contribution in [0.4, 0.5) is 0 Å². The fourth-order valence-corrected chi connectivity index (χ4v) is 1.00. The minimum atomic E-state index is -0.603. The fraction of sp³-hybridized carbons (Fsp3) is 0. The number of hydrogen-bond acceptors (Lipinski definition) is 2. The van der Waals surface area contributed by atoms with Gasteiger partial charge in [-0.3, -0.25) is 9.59 Å². The van der Waals surface area contributed by atoms with E-state index < -0.39 is 11.8 Å². The molecule has 0 fully saturated rings. The van der Waals surface area contributed by atoms with Gasteiger partial charge in [0.05, 0.1) is 6.42 Å². The lowest BCUT2D eigenvalue weighted by Crippen LogP contribution is -2.17. The molecule has 4 nitrogen and oxygen atoms in total. The van der Waals surface area contributed by atoms with Gasteiger partial charge in [0.1, 0.15) is 0 Å². The molecule has 1 aromatic carbocycles. The van der Waals surface area contributed by atoms with Crippen LogP contribution in [0.5, 0.6) is 0 Å². The molecule has 0 unspecified atom stereocenters. The van der Waals surface area contributed by atoms with Crippen molar-refractivity contribution >= 4 is 11.8 Å². The summed E-state index contributed by atoms with van der Waals surface area (Å²) in [5.74, 6) is -1.18. The van der Waals surface area contributed by atoms with Crippen molar-refractivity contribution in [3.63, 3.8) is 0 Å². The molecule has 0 aliphatic rings. The van der Waals surface area contributed by atoms with Gasteiger partial charge in [0, 0.05) is 5.56 Å². The number of carbonyl (C=O) groups excluding carboxylic acids is 2. The highest BCUT2D eigenvalue weighted by Gasteiger charge is 2.08. The van der Waals surface area contributed by atoms with Crippen LogP contribution >= 0.6 is 0 Å². The van der Waals surface area contributed by atoms with Crippen LogP contribution in [0.1, 0.15) is 15.9 Å². The molecular weight excluding hydrogens is 168 g/mol. The van der Waals surface area contributed by atoms with Gasteiger partial charge in [-0.05, 0) is 11.6 Å². The molecule has 0 bridgehead atoms. The van der Waals surface area contributed by atoms with Gasteiger partial charge in [-0.2, -0.15) is 0 Å². The van der Waals surface area contributed by atoms with E-state index in [-0.39, 0.29) is 0 Å². The second-order valence-corrected chi connectivity index (χ2v) is 2.50. The smallest absolute Gasteiger partial charge is 0.249 e. The zero-order valence-electron chi connectivity index (χ0n) is 6.86. The van der Waals surface area contributed by atoms with Crippen LogP contribution in [0.25, 0.3) is 0 Å². The summed E-state index contributed by atoms with van der Waals surface area (Å²) in [6.45, 7) is 0. The van der Waals surface area contributed by atoms with E-state index in [1.807, 2.05) is 0 Å². The fourth-order valence-electron chi connectivity index (χ4n) is 1.00. The van der Waals surface area contributed by atoms with Crippen LogP contribution in [-0.2, 0) is 4.79 Å². The SMILES string of the molecule is NC(=O)[CH]c1ccccc1C(N)=O. The van der Waals surface area contributed by atoms with Crippen LogP contribution in [0.3, 0.4) is 0 Å². The Bertz CT molecular complexity index is 347. The molecular formula is C9H9N2O2. The second kappa shape index (κ2) is 3.71. The molecule has 13 heavy (non-hydrogen) atoms. The molecule has 0 spiro atoms. The summed E-state index contributed by atoms with van der Waals surface area (Å²) in [6, 6.07) is 6.50. The Hall–Kier alpha value is -1.84. The Kier molecular flexibility index (Phi) is 2.64. The molecule has 67 valence electrons. The number of nitrogens with two attached hydrogens (primary N) is 2. The Morgan fingerprint density at radius 3 is 2.31 bits per heavy atom. The van der Waals surface area contributed by atoms with Crippen molar-refractivity contribution in [3.8, 4) is 0 Å². The highest BCUT2D eigenvalue weighted by Crippen LogP contribution is 2.09. The third-order valence-corrected chi connectivity index (χ3v) is 1.52. The summed E-state index contributed by atoms with van der Waals surface area (Å²) < 4.78 is 0. The quantitative estimate of drug-likeness (QED) is 0.671. The molecule has 0 saturated heterocycles. The molecule has 1 rings (SSSR count). The Morgan fingerprint density at radius 2 is 1.77 bits per heavy atom. The van der Waals surface area contributed by atoms with E-state index >= 15 is 0 Å². The highest BCUT2D eigenvalue weighted by atomic mass is 16.1. The second-order valence-electron chi connectivity index (χ2n) is 2.50. The molecule has 0 heterocycles. The average Bonchev–Trinajstić information content (AvgIpc) is 2.03. The molecule has 2 amide bonds. The first kappa shape index (κ1) is 9.25. The predicted molar refractivity (Wildman–Crippen MR) is 47.6 cm³/mol. The third kappa shape index (κ3) is 2.30. The predicted octanol–water partition coefficient (Wildman–Crippen LogP) is -0.177. The van der Waals surface area contributed by atoms with Crippen LogP contribution in [0, 0.1) is 6.42 Å². The van der Waals surface area contributed by atoms with Crippen LogP contribution in [0.15, 0.2) is 24.3 Å². The van der Waals surface area contributed by atoms with Crippen LogP contribution in [-0.4, -0.2) is 11.8 Å². The van der Waals surface area contributed by atoms with Gasteiger partial charge >= 0.3 is 0 Å². The number of carbonyl (C=O) groups is 2. The summed E-state index contributed by atoms with van der Waals surface area (Å²) in [5, 5.41) is 0. The molecule has 0 atom stereocenters. The first-order valence-electron chi connectivity index (χ1n) is 3.64. The van der Waals surface area contributed by atoms with E-state index in [9.17, 15) is 9.59 Å². The third-order valence-electron chi connectivity index (χ3n) is 1.52. The molecule has 4 heteroatoms. The van der Waals surface area contributed by atoms with Crippen molar-refractivity contribution in [2.24, 2.45) is 11.5 Å². The lowest BCUT2D eigenvalue weighted by Gasteiger charge is -2.02. The van der Waals surface area contributed by atoms with Gasteiger partial charge in [-0.1, -0.05) is 18.2 Å². The summed E-state index contributed by atoms with van der Waals surface area (Å²) in [7, 11) is 0. The average molecular weight is 177 g/mol. The van der Waals surface area contributed by atoms with E-state index in [2.05, 4.69) is 0 Å². The number of benzene rings is 1. The Balaban J connectivity index is 3.04. The summed E-state index contributed by atoms with van der Waals surface area (Å²) in [6.07, 6.45) is 1.17. The minimum absolute atomic E-state index is 0.293. The maximum atomic E-state index is 10.9. The van der Waals surface area contributed by atoms with Gasteiger partial charge in [0.25, 0.3) is 0 Å². The number of hydrogen-bond donors (Lipinski definition) is 2. The molecule has 0 aromatic heterocycles. The largest absolute Gasteiger partial charge is 0.369 e. The molecule has 4 N–H and O–H groups in total. The van der Waals surface area contributed by atoms with Gasteiger partial charge in [-0.25, -0.2) is 0 Å². The Labute approximate surface area is 75.5 Å². The monoisotopic (exact) mass is 177 g/mol. The van der Waals surface area contributed by atoms with Crippen molar-refractivity contribution in [3.05, 3.63) is 41.8 Å². The van der Waals surface area contributed by atoms with E-state index in [1.54, 1.807) is 18.2 Å². The van der Waals surface area contributed by atoms with E-state index in [0.29, 0.717) is 11.1 Å². The lowest BCUT2D eigenvalue weighted by molar-refractivity contribution is -0.114. The Morgan fingerprint density at radius 1 is 1.15 bits per heavy atom. The first-order valence-corrected chi connectivity index (χ1v) is 3.64. The zero-order chi connectivity index (χ0) is 9.84. The van der Waals surface area contributed by atoms with Crippen molar-refractivity contribution in [2.75, 3.05) is 0 Å². The topological polar surface area (TPSA) is 86.2 Å². The van der Waals surface area contributed by atoms with Crippen molar-refractivity contribution < 1.29 is 9.59 Å². The van der Waals surface area contributed by atoms with Crippen LogP contribution < -0.4 is 11.5 Å². The van der Waals surface area contributed by atoms with Crippen molar-refractivity contribution in [1.29, 1.82) is 0 Å². The lowest BCUT2D eigenvalue weighted by atomic mass is 10.0. The van der Waals surface area contributed by atoms with E-state index in [0.717, 1.165) is 0 Å². The van der Waals surface area contributed by atoms with E-state index in [4.69, 9.17) is 11.5 Å². The van der Waals surface area contributed by atoms with Gasteiger partial charge < -0.3 is 11.5 Å². The summed E-state index contributed by atoms with van der Waals surface area (Å²) in [4.78, 5) is 21.4. The van der Waals surface area contributed by atoms with E-state index in [1.165, 1.54) is 12.5 Å². The summed E-state index contributed by atoms with van der Waals surface area (Å²) in [5.41, 5.74) is 10.8. The van der Waals surface area contributed by atoms with Crippen molar-refractivity contribution in [1.82, 2.24) is 0 Å². The standard InChI is InChI=1S/C9H9N2O2/c10-8(12)5-6-3-1-2-4-7(6)9(11)13/h1-5H,(H2,10,12)(H2,11,13). The van der Waals surface area contributed by atoms with Crippen LogP contribution in [0.2, 0.25) is 0 Å². The molecule has 0 aliphatic carbocycles. The highest BCUT2D eigenvalue weighted by molar-refractivity contribution is 5.98. The minimum Gasteiger partial charge on any atom is -0.369 e. The van der Waals surface area contributed by atoms with Gasteiger partial charge in [0.15, 0.2) is 0 Å². The molecule has 0 saturated carbocycles. The molecule has 1 aromatic rings. The maximum Gasteiger partial charge on any atom is 0.249 e. The molecule has 0 aliphatic heterocycles. The number of rotatable bonds is 3. The maximum absolute atomic E-state index is 10.9. The van der Waals surface area contributed by atoms with Gasteiger partial charge in [-0.15, -0.1) is 0 Å². The number of primary amides is 2. The van der Waals surface area contributed by atoms with Crippen molar-refractivity contribution in [2.45, 2.75) is 0 Å². The summed E-state index contributed by atoms with van der Waals surface area (Å²) >= 11 is 0. The number of amides is 2. The van der Waals surface area contributed by atoms with Gasteiger partial charge in [0.2, 0.25) is 11.8 Å². The zero-order valence-corrected chi connectivity index (χ0v) is 6.86. The molecule has 1 radical (unpaired) electrons.